The van der Waals surface area contributed by atoms with Crippen molar-refractivity contribution < 1.29 is 19.1 Å². The Morgan fingerprint density at radius 3 is 2.48 bits per heavy atom. The Morgan fingerprint density at radius 1 is 1.29 bits per heavy atom. The Balaban J connectivity index is 2.45. The molecule has 114 valence electrons. The van der Waals surface area contributed by atoms with Crippen LogP contribution in [0.2, 0.25) is 0 Å². The molecule has 6 heteroatoms. The Labute approximate surface area is 124 Å². The van der Waals surface area contributed by atoms with Crippen molar-refractivity contribution in [1.82, 2.24) is 9.88 Å². The standard InChI is InChI=1S/C15H20N2O4/c1-4-20-13(18)15(14(19)21-5-2)9-12-11(10-17(15)3)7-6-8-16-12/h6-8H,4-5,9-10H2,1-3H3. The van der Waals surface area contributed by atoms with Crippen LogP contribution < -0.4 is 0 Å². The van der Waals surface area contributed by atoms with Crippen LogP contribution in [0, 0.1) is 0 Å². The maximum atomic E-state index is 12.5. The maximum Gasteiger partial charge on any atom is 0.338 e. The molecule has 21 heavy (non-hydrogen) atoms. The van der Waals surface area contributed by atoms with Crippen LogP contribution in [0.1, 0.15) is 25.1 Å². The summed E-state index contributed by atoms with van der Waals surface area (Å²) in [5.41, 5.74) is 0.286. The number of rotatable bonds is 4. The fourth-order valence-electron chi connectivity index (χ4n) is 2.58. The fraction of sp³-hybridized carbons (Fsp3) is 0.533. The fourth-order valence-corrected chi connectivity index (χ4v) is 2.58. The number of esters is 2. The minimum absolute atomic E-state index is 0.164. The lowest BCUT2D eigenvalue weighted by molar-refractivity contribution is -0.175. The van der Waals surface area contributed by atoms with E-state index in [-0.39, 0.29) is 19.6 Å². The highest BCUT2D eigenvalue weighted by Gasteiger charge is 2.55. The van der Waals surface area contributed by atoms with Crippen molar-refractivity contribution in [2.45, 2.75) is 32.4 Å². The number of ether oxygens (including phenoxy) is 2. The van der Waals surface area contributed by atoms with E-state index in [1.807, 2.05) is 12.1 Å². The van der Waals surface area contributed by atoms with Gasteiger partial charge in [-0.1, -0.05) is 6.07 Å². The molecule has 0 amide bonds. The molecule has 0 atom stereocenters. The molecule has 1 aliphatic rings. The van der Waals surface area contributed by atoms with Gasteiger partial charge < -0.3 is 9.47 Å². The Bertz CT molecular complexity index is 526. The van der Waals surface area contributed by atoms with Crippen LogP contribution in [0.25, 0.3) is 0 Å². The molecular formula is C15H20N2O4. The second-order valence-corrected chi connectivity index (χ2v) is 4.94. The van der Waals surface area contributed by atoms with Gasteiger partial charge in [0.05, 0.1) is 13.2 Å². The van der Waals surface area contributed by atoms with Crippen molar-refractivity contribution in [3.8, 4) is 0 Å². The summed E-state index contributed by atoms with van der Waals surface area (Å²) in [4.78, 5) is 30.9. The molecule has 0 saturated carbocycles. The molecule has 0 bridgehead atoms. The Hall–Kier alpha value is -1.95. The van der Waals surface area contributed by atoms with E-state index in [0.717, 1.165) is 11.3 Å². The summed E-state index contributed by atoms with van der Waals surface area (Å²) < 4.78 is 10.3. The van der Waals surface area contributed by atoms with Gasteiger partial charge >= 0.3 is 11.9 Å². The summed E-state index contributed by atoms with van der Waals surface area (Å²) in [7, 11) is 1.73. The van der Waals surface area contributed by atoms with Gasteiger partial charge in [0.15, 0.2) is 0 Å². The first-order chi connectivity index (χ1) is 10.1. The normalized spacial score (nSPS) is 16.9. The van der Waals surface area contributed by atoms with Crippen LogP contribution in [0.15, 0.2) is 18.3 Å². The lowest BCUT2D eigenvalue weighted by atomic mass is 9.85. The average Bonchev–Trinajstić information content (AvgIpc) is 2.46. The highest BCUT2D eigenvalue weighted by Crippen LogP contribution is 2.31. The van der Waals surface area contributed by atoms with Crippen molar-refractivity contribution in [2.24, 2.45) is 0 Å². The third-order valence-corrected chi connectivity index (χ3v) is 3.69. The van der Waals surface area contributed by atoms with Crippen molar-refractivity contribution in [3.05, 3.63) is 29.6 Å². The Kier molecular flexibility index (Phi) is 4.57. The zero-order chi connectivity index (χ0) is 15.5. The van der Waals surface area contributed by atoms with Crippen LogP contribution in [-0.4, -0.2) is 47.6 Å². The van der Waals surface area contributed by atoms with E-state index >= 15 is 0 Å². The van der Waals surface area contributed by atoms with Crippen molar-refractivity contribution >= 4 is 11.9 Å². The lowest BCUT2D eigenvalue weighted by Gasteiger charge is -2.40. The number of nitrogens with zero attached hydrogens (tertiary/aromatic N) is 2. The molecule has 1 aromatic rings. The number of fused-ring (bicyclic) bond motifs is 1. The van der Waals surface area contributed by atoms with E-state index in [9.17, 15) is 9.59 Å². The third kappa shape index (κ3) is 2.63. The van der Waals surface area contributed by atoms with E-state index in [1.165, 1.54) is 0 Å². The van der Waals surface area contributed by atoms with Crippen LogP contribution in [-0.2, 0) is 32.0 Å². The van der Waals surface area contributed by atoms with Gasteiger partial charge in [0.1, 0.15) is 0 Å². The molecule has 0 unspecified atom stereocenters. The first-order valence-corrected chi connectivity index (χ1v) is 7.04. The molecule has 1 aliphatic heterocycles. The second-order valence-electron chi connectivity index (χ2n) is 4.94. The molecule has 0 aromatic carbocycles. The van der Waals surface area contributed by atoms with Gasteiger partial charge in [0.2, 0.25) is 5.54 Å². The Morgan fingerprint density at radius 2 is 1.90 bits per heavy atom. The van der Waals surface area contributed by atoms with Gasteiger partial charge in [0.25, 0.3) is 0 Å². The quantitative estimate of drug-likeness (QED) is 0.607. The molecule has 2 heterocycles. The minimum Gasteiger partial charge on any atom is -0.464 e. The monoisotopic (exact) mass is 292 g/mol. The number of pyridine rings is 1. The number of aromatic nitrogens is 1. The second kappa shape index (κ2) is 6.22. The molecule has 0 saturated heterocycles. The lowest BCUT2D eigenvalue weighted by Crippen LogP contribution is -2.63. The van der Waals surface area contributed by atoms with Crippen LogP contribution in [0.3, 0.4) is 0 Å². The summed E-state index contributed by atoms with van der Waals surface area (Å²) in [5, 5.41) is 0. The van der Waals surface area contributed by atoms with E-state index in [4.69, 9.17) is 9.47 Å². The van der Waals surface area contributed by atoms with E-state index in [1.54, 1.807) is 32.0 Å². The highest BCUT2D eigenvalue weighted by molar-refractivity contribution is 6.05. The molecule has 6 nitrogen and oxygen atoms in total. The molecule has 0 radical (unpaired) electrons. The number of carbonyl (C=O) groups excluding carboxylic acids is 2. The zero-order valence-electron chi connectivity index (χ0n) is 12.6. The van der Waals surface area contributed by atoms with Gasteiger partial charge in [-0.25, -0.2) is 9.59 Å². The SMILES string of the molecule is CCOC(=O)C1(C(=O)OCC)Cc2ncccc2CN1C. The molecule has 2 rings (SSSR count). The largest absolute Gasteiger partial charge is 0.464 e. The van der Waals surface area contributed by atoms with Gasteiger partial charge in [-0.2, -0.15) is 0 Å². The molecule has 0 aliphatic carbocycles. The first-order valence-electron chi connectivity index (χ1n) is 7.04. The van der Waals surface area contributed by atoms with Crippen molar-refractivity contribution in [3.63, 3.8) is 0 Å². The van der Waals surface area contributed by atoms with E-state index in [2.05, 4.69) is 4.98 Å². The number of likely N-dealkylation sites (N-methyl/N-ethyl adjacent to an activating group) is 1. The van der Waals surface area contributed by atoms with Crippen molar-refractivity contribution in [2.75, 3.05) is 20.3 Å². The summed E-state index contributed by atoms with van der Waals surface area (Å²) in [6, 6.07) is 3.79. The van der Waals surface area contributed by atoms with Gasteiger partial charge in [-0.3, -0.25) is 9.88 Å². The topological polar surface area (TPSA) is 68.7 Å². The summed E-state index contributed by atoms with van der Waals surface area (Å²) in [6.07, 6.45) is 1.82. The van der Waals surface area contributed by atoms with Gasteiger partial charge in [0, 0.05) is 24.9 Å². The minimum atomic E-state index is -1.45. The van der Waals surface area contributed by atoms with E-state index in [0.29, 0.717) is 6.54 Å². The highest BCUT2D eigenvalue weighted by atomic mass is 16.6. The van der Waals surface area contributed by atoms with Crippen molar-refractivity contribution in [1.29, 1.82) is 0 Å². The molecule has 1 aromatic heterocycles. The summed E-state index contributed by atoms with van der Waals surface area (Å²) in [5.74, 6) is -1.16. The molecule has 0 spiro atoms. The van der Waals surface area contributed by atoms with E-state index < -0.39 is 17.5 Å². The van der Waals surface area contributed by atoms with Gasteiger partial charge in [-0.15, -0.1) is 0 Å². The predicted molar refractivity (Wildman–Crippen MR) is 75.4 cm³/mol. The smallest absolute Gasteiger partial charge is 0.338 e. The maximum absolute atomic E-state index is 12.5. The summed E-state index contributed by atoms with van der Waals surface area (Å²) in [6.45, 7) is 4.30. The molecular weight excluding hydrogens is 272 g/mol. The average molecular weight is 292 g/mol. The summed E-state index contributed by atoms with van der Waals surface area (Å²) >= 11 is 0. The third-order valence-electron chi connectivity index (χ3n) is 3.69. The number of hydrogen-bond donors (Lipinski definition) is 0. The number of hydrogen-bond acceptors (Lipinski definition) is 6. The first kappa shape index (κ1) is 15.4. The predicted octanol–water partition coefficient (Wildman–Crippen LogP) is 0.934. The van der Waals surface area contributed by atoms with Crippen LogP contribution in [0.4, 0.5) is 0 Å². The van der Waals surface area contributed by atoms with Crippen LogP contribution in [0.5, 0.6) is 0 Å². The molecule has 0 fully saturated rings. The number of carbonyl (C=O) groups is 2. The van der Waals surface area contributed by atoms with Gasteiger partial charge in [-0.05, 0) is 32.5 Å². The van der Waals surface area contributed by atoms with Crippen LogP contribution >= 0.6 is 0 Å². The zero-order valence-corrected chi connectivity index (χ0v) is 12.6. The molecule has 0 N–H and O–H groups in total.